The van der Waals surface area contributed by atoms with Crippen molar-refractivity contribution in [2.24, 2.45) is 5.92 Å². The Bertz CT molecular complexity index is 742. The maximum Gasteiger partial charge on any atom is 0.342 e. The first kappa shape index (κ1) is 24.1. The molecule has 2 rings (SSSR count). The van der Waals surface area contributed by atoms with Crippen molar-refractivity contribution in [1.82, 2.24) is 4.90 Å². The molecule has 1 fully saturated rings. The maximum atomic E-state index is 12.9. The summed E-state index contributed by atoms with van der Waals surface area (Å²) in [7, 11) is 0. The van der Waals surface area contributed by atoms with Crippen LogP contribution in [-0.2, 0) is 28.6 Å². The number of carbonyl (C=O) groups is 3. The second-order valence-corrected chi connectivity index (χ2v) is 8.23. The molecule has 0 radical (unpaired) electrons. The minimum atomic E-state index is -1.99. The van der Waals surface area contributed by atoms with Crippen molar-refractivity contribution in [2.45, 2.75) is 71.8 Å². The molecule has 0 spiro atoms. The molecule has 0 aromatic rings. The highest BCUT2D eigenvalue weighted by atomic mass is 16.6. The molecule has 0 aromatic heterocycles. The van der Waals surface area contributed by atoms with Gasteiger partial charge in [0.2, 0.25) is 5.60 Å². The molecule has 2 aliphatic heterocycles. The fourth-order valence-corrected chi connectivity index (χ4v) is 3.94. The molecule has 8 nitrogen and oxygen atoms in total. The van der Waals surface area contributed by atoms with Gasteiger partial charge in [-0.25, -0.2) is 9.59 Å². The summed E-state index contributed by atoms with van der Waals surface area (Å²) in [6.45, 7) is 11.0. The Morgan fingerprint density at radius 1 is 1.30 bits per heavy atom. The van der Waals surface area contributed by atoms with Crippen molar-refractivity contribution < 1.29 is 33.7 Å². The maximum absolute atomic E-state index is 12.9. The molecule has 0 amide bonds. The van der Waals surface area contributed by atoms with E-state index in [4.69, 9.17) is 14.2 Å². The van der Waals surface area contributed by atoms with E-state index in [2.05, 4.69) is 4.90 Å². The molecule has 168 valence electrons. The number of fused-ring (bicyclic) bond motifs is 1. The first-order valence-electron chi connectivity index (χ1n) is 10.4. The van der Waals surface area contributed by atoms with Gasteiger partial charge in [-0.05, 0) is 38.7 Å². The largest absolute Gasteiger partial charge is 0.460 e. The molecular formula is C22H33NO7. The van der Waals surface area contributed by atoms with E-state index in [-0.39, 0.29) is 24.7 Å². The van der Waals surface area contributed by atoms with E-state index in [0.717, 1.165) is 18.5 Å². The summed E-state index contributed by atoms with van der Waals surface area (Å²) < 4.78 is 16.2. The van der Waals surface area contributed by atoms with Gasteiger partial charge in [-0.3, -0.25) is 9.69 Å². The van der Waals surface area contributed by atoms with E-state index in [1.165, 1.54) is 13.8 Å². The third kappa shape index (κ3) is 4.92. The topological polar surface area (TPSA) is 102 Å². The summed E-state index contributed by atoms with van der Waals surface area (Å²) in [5.74, 6) is -2.34. The minimum Gasteiger partial charge on any atom is -0.460 e. The number of aliphatic hydroxyl groups is 1. The van der Waals surface area contributed by atoms with Crippen LogP contribution >= 0.6 is 0 Å². The van der Waals surface area contributed by atoms with Crippen molar-refractivity contribution in [3.05, 3.63) is 23.3 Å². The van der Waals surface area contributed by atoms with E-state index in [9.17, 15) is 19.5 Å². The number of ether oxygens (including phenoxy) is 3. The fourth-order valence-electron chi connectivity index (χ4n) is 3.94. The monoisotopic (exact) mass is 423 g/mol. The smallest absolute Gasteiger partial charge is 0.342 e. The third-order valence-corrected chi connectivity index (χ3v) is 5.97. The van der Waals surface area contributed by atoms with Crippen molar-refractivity contribution >= 4 is 17.9 Å². The van der Waals surface area contributed by atoms with E-state index in [0.29, 0.717) is 12.1 Å². The first-order valence-corrected chi connectivity index (χ1v) is 10.4. The molecular weight excluding hydrogens is 390 g/mol. The van der Waals surface area contributed by atoms with Crippen LogP contribution in [0, 0.1) is 5.92 Å². The fraction of sp³-hybridized carbons (Fsp3) is 0.682. The van der Waals surface area contributed by atoms with Gasteiger partial charge in [-0.1, -0.05) is 26.0 Å². The lowest BCUT2D eigenvalue weighted by Gasteiger charge is -2.35. The van der Waals surface area contributed by atoms with E-state index < -0.39 is 29.6 Å². The van der Waals surface area contributed by atoms with Gasteiger partial charge in [-0.2, -0.15) is 0 Å². The average Bonchev–Trinajstić information content (AvgIpc) is 3.26. The van der Waals surface area contributed by atoms with Crippen LogP contribution in [0.25, 0.3) is 0 Å². The molecule has 1 N–H and O–H groups in total. The third-order valence-electron chi connectivity index (χ3n) is 5.97. The predicted octanol–water partition coefficient (Wildman–Crippen LogP) is 1.76. The first-order chi connectivity index (χ1) is 14.0. The van der Waals surface area contributed by atoms with Crippen LogP contribution in [0.2, 0.25) is 0 Å². The highest BCUT2D eigenvalue weighted by Gasteiger charge is 2.49. The quantitative estimate of drug-likeness (QED) is 0.273. The van der Waals surface area contributed by atoms with Crippen LogP contribution in [0.15, 0.2) is 23.3 Å². The molecule has 4 unspecified atom stereocenters. The van der Waals surface area contributed by atoms with E-state index in [1.54, 1.807) is 33.8 Å². The Hall–Kier alpha value is -2.19. The van der Waals surface area contributed by atoms with Crippen LogP contribution in [-0.4, -0.2) is 71.5 Å². The van der Waals surface area contributed by atoms with Gasteiger partial charge in [0.25, 0.3) is 0 Å². The summed E-state index contributed by atoms with van der Waals surface area (Å²) in [4.78, 5) is 38.5. The second-order valence-electron chi connectivity index (χ2n) is 8.23. The predicted molar refractivity (Wildman–Crippen MR) is 109 cm³/mol. The highest BCUT2D eigenvalue weighted by Crippen LogP contribution is 2.32. The van der Waals surface area contributed by atoms with Crippen LogP contribution < -0.4 is 0 Å². The highest BCUT2D eigenvalue weighted by molar-refractivity contribution is 5.88. The summed E-state index contributed by atoms with van der Waals surface area (Å²) in [5, 5.41) is 11.1. The number of carbonyl (C=O) groups excluding carboxylic acids is 3. The Morgan fingerprint density at radius 2 is 1.97 bits per heavy atom. The van der Waals surface area contributed by atoms with E-state index >= 15 is 0 Å². The summed E-state index contributed by atoms with van der Waals surface area (Å²) >= 11 is 0. The normalized spacial score (nSPS) is 24.7. The van der Waals surface area contributed by atoms with Gasteiger partial charge in [0.15, 0.2) is 0 Å². The van der Waals surface area contributed by atoms with Crippen LogP contribution in [0.4, 0.5) is 0 Å². The van der Waals surface area contributed by atoms with Crippen molar-refractivity contribution in [3.63, 3.8) is 0 Å². The Morgan fingerprint density at radius 3 is 2.53 bits per heavy atom. The molecule has 4 atom stereocenters. The van der Waals surface area contributed by atoms with Gasteiger partial charge < -0.3 is 19.3 Å². The number of rotatable bonds is 8. The van der Waals surface area contributed by atoms with Crippen LogP contribution in [0.1, 0.15) is 48.0 Å². The molecule has 2 aliphatic rings. The van der Waals surface area contributed by atoms with Gasteiger partial charge in [0, 0.05) is 25.6 Å². The molecule has 30 heavy (non-hydrogen) atoms. The zero-order valence-corrected chi connectivity index (χ0v) is 18.6. The van der Waals surface area contributed by atoms with Gasteiger partial charge in [0.1, 0.15) is 18.8 Å². The lowest BCUT2D eigenvalue weighted by Crippen LogP contribution is -2.55. The number of nitrogens with zero attached hydrogens (tertiary/aromatic N) is 1. The minimum absolute atomic E-state index is 0.0264. The molecule has 0 aromatic carbocycles. The molecule has 2 heterocycles. The van der Waals surface area contributed by atoms with Gasteiger partial charge in [0.05, 0.1) is 6.04 Å². The Kier molecular flexibility index (Phi) is 7.82. The summed E-state index contributed by atoms with van der Waals surface area (Å²) in [5.41, 5.74) is -0.768. The summed E-state index contributed by atoms with van der Waals surface area (Å²) in [6, 6.07) is -0.124. The van der Waals surface area contributed by atoms with Crippen LogP contribution in [0.5, 0.6) is 0 Å². The second kappa shape index (κ2) is 9.75. The zero-order chi connectivity index (χ0) is 22.6. The average molecular weight is 424 g/mol. The Balaban J connectivity index is 2.06. The van der Waals surface area contributed by atoms with Crippen molar-refractivity contribution in [1.29, 1.82) is 0 Å². The molecule has 0 aliphatic carbocycles. The standard InChI is InChI=1S/C22H33NO7/c1-7-14(4)20(25)29-15(5)22(27,13(2)3)21(26)28-12-17-8-10-23-11-9-18(19(17)23)30-16(6)24/h7-8,13,15,18-19,27H,9-12H2,1-6H3. The molecule has 8 heteroatoms. The SMILES string of the molecule is CC=C(C)C(=O)OC(C)C(O)(C(=O)OCC1=CCN2CCC(OC(C)=O)C12)C(C)C. The number of esters is 3. The lowest BCUT2D eigenvalue weighted by molar-refractivity contribution is -0.191. The number of allylic oxidation sites excluding steroid dienone is 1. The number of hydrogen-bond acceptors (Lipinski definition) is 8. The summed E-state index contributed by atoms with van der Waals surface area (Å²) in [6.07, 6.45) is 2.91. The van der Waals surface area contributed by atoms with Gasteiger partial charge in [-0.15, -0.1) is 0 Å². The van der Waals surface area contributed by atoms with Gasteiger partial charge >= 0.3 is 17.9 Å². The van der Waals surface area contributed by atoms with Crippen molar-refractivity contribution in [2.75, 3.05) is 19.7 Å². The molecule has 0 bridgehead atoms. The number of hydrogen-bond donors (Lipinski definition) is 1. The zero-order valence-electron chi connectivity index (χ0n) is 18.6. The van der Waals surface area contributed by atoms with Crippen molar-refractivity contribution in [3.8, 4) is 0 Å². The lowest BCUT2D eigenvalue weighted by atomic mass is 9.85. The Labute approximate surface area is 177 Å². The van der Waals surface area contributed by atoms with Crippen LogP contribution in [0.3, 0.4) is 0 Å². The molecule has 1 saturated heterocycles. The molecule has 0 saturated carbocycles. The van der Waals surface area contributed by atoms with E-state index in [1.807, 2.05) is 6.08 Å².